The maximum Gasteiger partial charge on any atom is 0.144 e. The predicted molar refractivity (Wildman–Crippen MR) is 72.0 cm³/mol. The molecular weight excluding hydrogens is 212 g/mol. The summed E-state index contributed by atoms with van der Waals surface area (Å²) in [6, 6.07) is 0. The van der Waals surface area contributed by atoms with Gasteiger partial charge in [0.1, 0.15) is 5.82 Å². The smallest absolute Gasteiger partial charge is 0.144 e. The topological polar surface area (TPSA) is 41.1 Å². The van der Waals surface area contributed by atoms with Crippen LogP contribution in [0, 0.1) is 5.92 Å². The van der Waals surface area contributed by atoms with Crippen LogP contribution < -0.4 is 5.32 Å². The lowest BCUT2D eigenvalue weighted by Crippen LogP contribution is -2.23. The Morgan fingerprint density at radius 1 is 1.29 bits per heavy atom. The van der Waals surface area contributed by atoms with Crippen molar-refractivity contribution >= 4 is 5.82 Å². The minimum Gasteiger partial charge on any atom is -0.369 e. The summed E-state index contributed by atoms with van der Waals surface area (Å²) in [7, 11) is 2.12. The first-order valence-electron chi connectivity index (χ1n) is 6.35. The Bertz CT molecular complexity index is 308. The van der Waals surface area contributed by atoms with E-state index in [0.29, 0.717) is 5.92 Å². The van der Waals surface area contributed by atoms with E-state index in [-0.39, 0.29) is 0 Å². The van der Waals surface area contributed by atoms with Crippen molar-refractivity contribution in [3.05, 3.63) is 18.1 Å². The van der Waals surface area contributed by atoms with Crippen LogP contribution in [-0.2, 0) is 6.54 Å². The molecule has 4 nitrogen and oxygen atoms in total. The Morgan fingerprint density at radius 3 is 2.59 bits per heavy atom. The van der Waals surface area contributed by atoms with Gasteiger partial charge in [0.15, 0.2) is 0 Å². The molecule has 0 radical (unpaired) electrons. The molecule has 0 saturated heterocycles. The molecule has 1 aromatic rings. The van der Waals surface area contributed by atoms with Crippen LogP contribution in [-0.4, -0.2) is 35.0 Å². The maximum atomic E-state index is 4.41. The fourth-order valence-corrected chi connectivity index (χ4v) is 1.75. The summed E-state index contributed by atoms with van der Waals surface area (Å²) in [5.41, 5.74) is 1.02. The zero-order chi connectivity index (χ0) is 12.7. The Morgan fingerprint density at radius 2 is 2.06 bits per heavy atom. The number of nitrogens with one attached hydrogen (secondary N) is 1. The monoisotopic (exact) mass is 236 g/mol. The summed E-state index contributed by atoms with van der Waals surface area (Å²) < 4.78 is 0. The van der Waals surface area contributed by atoms with E-state index in [0.717, 1.165) is 37.6 Å². The lowest BCUT2D eigenvalue weighted by molar-refractivity contribution is 0.285. The molecule has 0 unspecified atom stereocenters. The molecule has 0 spiro atoms. The molecule has 0 aliphatic carbocycles. The van der Waals surface area contributed by atoms with Crippen molar-refractivity contribution in [1.29, 1.82) is 0 Å². The number of anilines is 1. The van der Waals surface area contributed by atoms with E-state index >= 15 is 0 Å². The fraction of sp³-hybridized carbons (Fsp3) is 0.692. The summed E-state index contributed by atoms with van der Waals surface area (Å²) in [5, 5.41) is 3.22. The third-order valence-electron chi connectivity index (χ3n) is 2.37. The third kappa shape index (κ3) is 5.63. The largest absolute Gasteiger partial charge is 0.369 e. The highest BCUT2D eigenvalue weighted by molar-refractivity contribution is 5.30. The molecule has 0 saturated carbocycles. The summed E-state index contributed by atoms with van der Waals surface area (Å²) >= 11 is 0. The summed E-state index contributed by atoms with van der Waals surface area (Å²) in [6.07, 6.45) is 4.77. The van der Waals surface area contributed by atoms with Gasteiger partial charge in [-0.25, -0.2) is 4.98 Å². The van der Waals surface area contributed by atoms with E-state index in [1.54, 1.807) is 0 Å². The van der Waals surface area contributed by atoms with Gasteiger partial charge in [0.05, 0.1) is 18.1 Å². The van der Waals surface area contributed by atoms with Crippen molar-refractivity contribution in [2.75, 3.05) is 25.5 Å². The Labute approximate surface area is 104 Å². The molecule has 96 valence electrons. The molecule has 1 N–H and O–H groups in total. The zero-order valence-corrected chi connectivity index (χ0v) is 11.4. The van der Waals surface area contributed by atoms with Gasteiger partial charge in [-0.1, -0.05) is 20.8 Å². The molecule has 0 aliphatic rings. The van der Waals surface area contributed by atoms with Crippen molar-refractivity contribution in [2.45, 2.75) is 33.7 Å². The normalized spacial score (nSPS) is 11.2. The average molecular weight is 236 g/mol. The number of hydrogen-bond acceptors (Lipinski definition) is 4. The Balaban J connectivity index is 2.44. The molecule has 1 aromatic heterocycles. The Hall–Kier alpha value is -1.16. The highest BCUT2D eigenvalue weighted by Crippen LogP contribution is 2.05. The molecule has 17 heavy (non-hydrogen) atoms. The van der Waals surface area contributed by atoms with E-state index < -0.39 is 0 Å². The van der Waals surface area contributed by atoms with Gasteiger partial charge in [-0.2, -0.15) is 0 Å². The van der Waals surface area contributed by atoms with Crippen LogP contribution in [0.25, 0.3) is 0 Å². The van der Waals surface area contributed by atoms with Crippen LogP contribution in [0.4, 0.5) is 5.82 Å². The van der Waals surface area contributed by atoms with E-state index in [4.69, 9.17) is 0 Å². The second-order valence-electron chi connectivity index (χ2n) is 4.91. The quantitative estimate of drug-likeness (QED) is 0.789. The lowest BCUT2D eigenvalue weighted by atomic mass is 10.2. The second-order valence-corrected chi connectivity index (χ2v) is 4.91. The van der Waals surface area contributed by atoms with Crippen molar-refractivity contribution in [2.24, 2.45) is 5.92 Å². The van der Waals surface area contributed by atoms with E-state index in [1.807, 2.05) is 12.4 Å². The van der Waals surface area contributed by atoms with Crippen molar-refractivity contribution < 1.29 is 0 Å². The van der Waals surface area contributed by atoms with E-state index in [2.05, 4.69) is 48.0 Å². The first-order valence-corrected chi connectivity index (χ1v) is 6.35. The lowest BCUT2D eigenvalue weighted by Gasteiger charge is -2.18. The predicted octanol–water partition coefficient (Wildman–Crippen LogP) is 2.39. The van der Waals surface area contributed by atoms with Crippen molar-refractivity contribution in [3.63, 3.8) is 0 Å². The molecule has 1 rings (SSSR count). The molecule has 0 amide bonds. The molecule has 0 aliphatic heterocycles. The van der Waals surface area contributed by atoms with Crippen LogP contribution in [0.3, 0.4) is 0 Å². The van der Waals surface area contributed by atoms with Gasteiger partial charge in [-0.3, -0.25) is 4.98 Å². The standard InChI is InChI=1S/C13H24N4/c1-5-6-14-13-8-15-12(7-16-13)10-17(4)9-11(2)3/h7-8,11H,5-6,9-10H2,1-4H3,(H,14,16). The first kappa shape index (κ1) is 13.9. The second kappa shape index (κ2) is 7.22. The number of hydrogen-bond donors (Lipinski definition) is 1. The first-order chi connectivity index (χ1) is 8.11. The molecule has 0 atom stereocenters. The highest BCUT2D eigenvalue weighted by Gasteiger charge is 2.04. The number of rotatable bonds is 7. The fourth-order valence-electron chi connectivity index (χ4n) is 1.75. The number of aromatic nitrogens is 2. The summed E-state index contributed by atoms with van der Waals surface area (Å²) in [5.74, 6) is 1.54. The molecule has 0 fully saturated rings. The van der Waals surface area contributed by atoms with Crippen molar-refractivity contribution in [3.8, 4) is 0 Å². The van der Waals surface area contributed by atoms with Crippen LogP contribution >= 0.6 is 0 Å². The molecule has 4 heteroatoms. The minimum atomic E-state index is 0.679. The van der Waals surface area contributed by atoms with Gasteiger partial charge >= 0.3 is 0 Å². The van der Waals surface area contributed by atoms with Crippen LogP contribution in [0.15, 0.2) is 12.4 Å². The van der Waals surface area contributed by atoms with E-state index in [1.165, 1.54) is 0 Å². The average Bonchev–Trinajstić information content (AvgIpc) is 2.27. The minimum absolute atomic E-state index is 0.679. The SMILES string of the molecule is CCCNc1cnc(CN(C)CC(C)C)cn1. The maximum absolute atomic E-state index is 4.41. The van der Waals surface area contributed by atoms with Gasteiger partial charge < -0.3 is 10.2 Å². The van der Waals surface area contributed by atoms with Gasteiger partial charge in [-0.05, 0) is 19.4 Å². The molecular formula is C13H24N4. The van der Waals surface area contributed by atoms with Gasteiger partial charge in [0, 0.05) is 19.6 Å². The molecule has 0 bridgehead atoms. The zero-order valence-electron chi connectivity index (χ0n) is 11.4. The van der Waals surface area contributed by atoms with Crippen LogP contribution in [0.5, 0.6) is 0 Å². The summed E-state index contributed by atoms with van der Waals surface area (Å²) in [4.78, 5) is 11.0. The van der Waals surface area contributed by atoms with Crippen LogP contribution in [0.2, 0.25) is 0 Å². The third-order valence-corrected chi connectivity index (χ3v) is 2.37. The van der Waals surface area contributed by atoms with E-state index in [9.17, 15) is 0 Å². The van der Waals surface area contributed by atoms with Crippen LogP contribution in [0.1, 0.15) is 32.9 Å². The number of nitrogens with zero attached hydrogens (tertiary/aromatic N) is 3. The van der Waals surface area contributed by atoms with Gasteiger partial charge in [-0.15, -0.1) is 0 Å². The molecule has 0 aromatic carbocycles. The Kier molecular flexibility index (Phi) is 5.91. The highest BCUT2D eigenvalue weighted by atomic mass is 15.1. The molecule has 1 heterocycles. The van der Waals surface area contributed by atoms with Gasteiger partial charge in [0.25, 0.3) is 0 Å². The van der Waals surface area contributed by atoms with Crippen molar-refractivity contribution in [1.82, 2.24) is 14.9 Å². The van der Waals surface area contributed by atoms with Gasteiger partial charge in [0.2, 0.25) is 0 Å². The summed E-state index contributed by atoms with van der Waals surface area (Å²) in [6.45, 7) is 9.47.